The van der Waals surface area contributed by atoms with Crippen molar-refractivity contribution >= 4 is 46.7 Å². The van der Waals surface area contributed by atoms with Gasteiger partial charge >= 0.3 is 0 Å². The number of hydrogen-bond acceptors (Lipinski definition) is 8. The maximum Gasteiger partial charge on any atom is 0.289 e. The van der Waals surface area contributed by atoms with Crippen molar-refractivity contribution in [3.05, 3.63) is 70.8 Å². The summed E-state index contributed by atoms with van der Waals surface area (Å²) in [6.45, 7) is 7.38. The van der Waals surface area contributed by atoms with Gasteiger partial charge in [0.05, 0.1) is 25.4 Å². The van der Waals surface area contributed by atoms with Crippen LogP contribution in [0.15, 0.2) is 54.6 Å². The lowest BCUT2D eigenvalue weighted by molar-refractivity contribution is -0.145. The second-order valence-electron chi connectivity index (χ2n) is 14.7. The zero-order valence-corrected chi connectivity index (χ0v) is 30.6. The van der Waals surface area contributed by atoms with Gasteiger partial charge in [-0.15, -0.1) is 0 Å². The molecular weight excluding hydrogens is 674 g/mol. The molecule has 274 valence electrons. The summed E-state index contributed by atoms with van der Waals surface area (Å²) in [4.78, 5) is 75.5. The van der Waals surface area contributed by atoms with Crippen molar-refractivity contribution < 1.29 is 33.5 Å². The molecular formula is C38H48ClN5O7. The number of likely N-dealkylation sites (tertiary alicyclic amines) is 1. The van der Waals surface area contributed by atoms with E-state index in [9.17, 15) is 24.0 Å². The lowest BCUT2D eigenvalue weighted by Crippen LogP contribution is -2.59. The maximum absolute atomic E-state index is 14.6. The largest absolute Gasteiger partial charge is 0.497 e. The number of nitrogens with zero attached hydrogens (tertiary/aromatic N) is 1. The molecule has 2 aromatic carbocycles. The van der Waals surface area contributed by atoms with Crippen LogP contribution >= 0.6 is 11.6 Å². The van der Waals surface area contributed by atoms with E-state index < -0.39 is 52.6 Å². The molecule has 0 aromatic heterocycles. The van der Waals surface area contributed by atoms with Crippen LogP contribution in [0.1, 0.15) is 77.3 Å². The van der Waals surface area contributed by atoms with E-state index in [-0.39, 0.29) is 37.8 Å². The fourth-order valence-corrected chi connectivity index (χ4v) is 6.61. The summed E-state index contributed by atoms with van der Waals surface area (Å²) in [6.07, 6.45) is 4.88. The molecule has 2 aliphatic heterocycles. The summed E-state index contributed by atoms with van der Waals surface area (Å²) in [5.74, 6) is -2.14. The molecule has 2 aromatic rings. The molecule has 12 nitrogen and oxygen atoms in total. The number of hydroxylamine groups is 1. The standard InChI is InChI=1S/C38H48ClN5O7/c1-6-9-28(32(46)35(48)40-26-15-16-26)41-34(47)30-21-38(20-29(43-51-38)24-11-8-12-25(39)19-24)22-44(30)36(49)33(37(2,3)4)42-31(45)17-14-23-10-7-13-27(18-23)50-5/h7-8,10-13,18-20,26,28,30,33,43H,6,9,14-17,21-22H2,1-5H3,(H,40,48)(H,41,47)(H,42,45)/t28-,30-,33+,38+/m0/s1. The van der Waals surface area contributed by atoms with Gasteiger partial charge in [0.25, 0.3) is 5.91 Å². The number of ether oxygens (including phenoxy) is 1. The third-order valence-electron chi connectivity index (χ3n) is 9.39. The average Bonchev–Trinajstić information content (AvgIpc) is 3.69. The van der Waals surface area contributed by atoms with Crippen LogP contribution in [0.5, 0.6) is 5.75 Å². The van der Waals surface area contributed by atoms with E-state index in [1.165, 1.54) is 4.90 Å². The molecule has 4 N–H and O–H groups in total. The van der Waals surface area contributed by atoms with Gasteiger partial charge in [0.1, 0.15) is 23.4 Å². The second-order valence-corrected chi connectivity index (χ2v) is 15.1. The van der Waals surface area contributed by atoms with Crippen LogP contribution < -0.4 is 26.2 Å². The van der Waals surface area contributed by atoms with E-state index in [0.717, 1.165) is 24.0 Å². The Hall–Kier alpha value is -4.42. The van der Waals surface area contributed by atoms with Crippen LogP contribution in [0, 0.1) is 5.41 Å². The highest BCUT2D eigenvalue weighted by Gasteiger charge is 2.54. The highest BCUT2D eigenvalue weighted by molar-refractivity contribution is 6.38. The molecule has 2 fully saturated rings. The van der Waals surface area contributed by atoms with Crippen LogP contribution in [-0.2, 0) is 35.2 Å². The van der Waals surface area contributed by atoms with E-state index in [4.69, 9.17) is 21.2 Å². The van der Waals surface area contributed by atoms with Crippen molar-refractivity contribution in [2.45, 2.75) is 102 Å². The number of amides is 4. The predicted molar refractivity (Wildman–Crippen MR) is 192 cm³/mol. The zero-order chi connectivity index (χ0) is 36.9. The molecule has 1 aliphatic carbocycles. The Balaban J connectivity index is 1.39. The first-order chi connectivity index (χ1) is 24.2. The quantitative estimate of drug-likeness (QED) is 0.215. The van der Waals surface area contributed by atoms with Gasteiger partial charge in [-0.2, -0.15) is 0 Å². The minimum Gasteiger partial charge on any atom is -0.497 e. The number of carbonyl (C=O) groups is 5. The lowest BCUT2D eigenvalue weighted by Gasteiger charge is -2.35. The summed E-state index contributed by atoms with van der Waals surface area (Å²) < 4.78 is 5.30. The molecule has 1 saturated heterocycles. The molecule has 0 bridgehead atoms. The fraction of sp³-hybridized carbons (Fsp3) is 0.500. The zero-order valence-electron chi connectivity index (χ0n) is 29.8. The Morgan fingerprint density at radius 2 is 1.82 bits per heavy atom. The van der Waals surface area contributed by atoms with E-state index >= 15 is 0 Å². The van der Waals surface area contributed by atoms with Gasteiger partial charge in [0.15, 0.2) is 0 Å². The number of methoxy groups -OCH3 is 1. The highest BCUT2D eigenvalue weighted by Crippen LogP contribution is 2.39. The molecule has 51 heavy (non-hydrogen) atoms. The van der Waals surface area contributed by atoms with Gasteiger partial charge in [-0.3, -0.25) is 34.3 Å². The molecule has 0 radical (unpaired) electrons. The van der Waals surface area contributed by atoms with Crippen molar-refractivity contribution in [2.75, 3.05) is 13.7 Å². The van der Waals surface area contributed by atoms with Crippen molar-refractivity contribution in [3.63, 3.8) is 0 Å². The molecule has 4 amide bonds. The third-order valence-corrected chi connectivity index (χ3v) is 9.62. The summed E-state index contributed by atoms with van der Waals surface area (Å²) in [5.41, 5.74) is 3.40. The average molecular weight is 722 g/mol. The van der Waals surface area contributed by atoms with E-state index in [1.54, 1.807) is 25.3 Å². The van der Waals surface area contributed by atoms with Gasteiger partial charge in [0.2, 0.25) is 23.5 Å². The molecule has 4 atom stereocenters. The van der Waals surface area contributed by atoms with E-state index in [2.05, 4.69) is 21.4 Å². The Morgan fingerprint density at radius 1 is 1.08 bits per heavy atom. The number of halogens is 1. The number of nitrogens with one attached hydrogen (secondary N) is 4. The normalized spacial score (nSPS) is 20.9. The Bertz CT molecular complexity index is 1690. The molecule has 3 aliphatic rings. The maximum atomic E-state index is 14.6. The molecule has 2 heterocycles. The minimum atomic E-state index is -1.11. The number of Topliss-reactive ketones (excluding diaryl/α,β-unsaturated/α-hetero) is 1. The first-order valence-corrected chi connectivity index (χ1v) is 17.9. The number of hydrogen-bond donors (Lipinski definition) is 4. The minimum absolute atomic E-state index is 0.0121. The van der Waals surface area contributed by atoms with E-state index in [1.807, 2.05) is 64.1 Å². The monoisotopic (exact) mass is 721 g/mol. The molecule has 5 rings (SSSR count). The van der Waals surface area contributed by atoms with Crippen LogP contribution in [0.3, 0.4) is 0 Å². The van der Waals surface area contributed by atoms with Crippen LogP contribution in [0.4, 0.5) is 0 Å². The highest BCUT2D eigenvalue weighted by atomic mass is 35.5. The first kappa shape index (κ1) is 37.8. The number of ketones is 1. The topological polar surface area (TPSA) is 155 Å². The van der Waals surface area contributed by atoms with Gasteiger partial charge in [-0.1, -0.05) is 70.0 Å². The van der Waals surface area contributed by atoms with Crippen LogP contribution in [0.2, 0.25) is 5.02 Å². The third kappa shape index (κ3) is 9.48. The Labute approximate surface area is 304 Å². The van der Waals surface area contributed by atoms with Gasteiger partial charge < -0.3 is 25.6 Å². The smallest absolute Gasteiger partial charge is 0.289 e. The van der Waals surface area contributed by atoms with E-state index in [0.29, 0.717) is 29.3 Å². The summed E-state index contributed by atoms with van der Waals surface area (Å²) in [6, 6.07) is 11.5. The fourth-order valence-electron chi connectivity index (χ4n) is 6.42. The molecule has 13 heteroatoms. The van der Waals surface area contributed by atoms with Gasteiger partial charge in [0, 0.05) is 29.5 Å². The Kier molecular flexibility index (Phi) is 11.8. The molecule has 1 spiro atoms. The van der Waals surface area contributed by atoms with Crippen LogP contribution in [-0.4, -0.2) is 77.7 Å². The first-order valence-electron chi connectivity index (χ1n) is 17.5. The lowest BCUT2D eigenvalue weighted by atomic mass is 9.85. The number of benzene rings is 2. The van der Waals surface area contributed by atoms with Gasteiger partial charge in [-0.25, -0.2) is 0 Å². The molecule has 1 saturated carbocycles. The van der Waals surface area contributed by atoms with Gasteiger partial charge in [-0.05, 0) is 67.0 Å². The summed E-state index contributed by atoms with van der Waals surface area (Å²) >= 11 is 6.25. The number of carbonyl (C=O) groups excluding carboxylic acids is 5. The summed E-state index contributed by atoms with van der Waals surface area (Å²) in [7, 11) is 1.58. The summed E-state index contributed by atoms with van der Waals surface area (Å²) in [5, 5.41) is 8.97. The van der Waals surface area contributed by atoms with Crippen LogP contribution in [0.25, 0.3) is 5.70 Å². The number of aryl methyl sites for hydroxylation is 1. The van der Waals surface area contributed by atoms with Crippen molar-refractivity contribution in [1.82, 2.24) is 26.3 Å². The second kappa shape index (κ2) is 15.9. The Morgan fingerprint density at radius 3 is 2.49 bits per heavy atom. The van der Waals surface area contributed by atoms with Crippen molar-refractivity contribution in [1.29, 1.82) is 0 Å². The SMILES string of the molecule is CCC[C@H](NC(=O)[C@@H]1C[C@]2(C=C(c3cccc(Cl)c3)NO2)CN1C(=O)[C@@H](NC(=O)CCc1cccc(OC)c1)C(C)(C)C)C(=O)C(=O)NC1CC1. The predicted octanol–water partition coefficient (Wildman–Crippen LogP) is 3.86. The van der Waals surface area contributed by atoms with Crippen molar-refractivity contribution in [2.24, 2.45) is 5.41 Å². The molecule has 0 unspecified atom stereocenters. The number of rotatable bonds is 14. The van der Waals surface area contributed by atoms with Crippen molar-refractivity contribution in [3.8, 4) is 5.75 Å².